The molecule has 0 spiro atoms. The van der Waals surface area contributed by atoms with Gasteiger partial charge in [-0.05, 0) is 24.4 Å². The third kappa shape index (κ3) is 3.30. The normalized spacial score (nSPS) is 10.5. The molecule has 0 radical (unpaired) electrons. The van der Waals surface area contributed by atoms with Gasteiger partial charge >= 0.3 is 5.97 Å². The van der Waals surface area contributed by atoms with Gasteiger partial charge in [-0.25, -0.2) is 4.79 Å². The first-order valence-electron chi connectivity index (χ1n) is 4.78. The molecule has 0 amide bonds. The first-order chi connectivity index (χ1) is 7.91. The summed E-state index contributed by atoms with van der Waals surface area (Å²) >= 11 is 0. The summed E-state index contributed by atoms with van der Waals surface area (Å²) in [5.41, 5.74) is 0.172. The van der Waals surface area contributed by atoms with Crippen LogP contribution in [0.2, 0.25) is 0 Å². The highest BCUT2D eigenvalue weighted by atomic mass is 16.6. The van der Waals surface area contributed by atoms with Crippen LogP contribution in [0.1, 0.15) is 15.9 Å². The molecule has 0 atom stereocenters. The molecule has 90 valence electrons. The molecular weight excluding hydrogens is 224 g/mol. The Kier molecular flexibility index (Phi) is 3.82. The predicted octanol–water partition coefficient (Wildman–Crippen LogP) is 1.83. The Morgan fingerprint density at radius 3 is 2.59 bits per heavy atom. The van der Waals surface area contributed by atoms with Gasteiger partial charge in [-0.3, -0.25) is 10.1 Å². The molecule has 0 aliphatic carbocycles. The highest BCUT2D eigenvalue weighted by Crippen LogP contribution is 2.21. The summed E-state index contributed by atoms with van der Waals surface area (Å²) in [6, 6.07) is 3.69. The second-order valence-electron chi connectivity index (χ2n) is 3.62. The lowest BCUT2D eigenvalue weighted by Gasteiger charge is -2.04. The van der Waals surface area contributed by atoms with Crippen molar-refractivity contribution in [3.05, 3.63) is 45.6 Å². The molecule has 1 N–H and O–H groups in total. The smallest absolute Gasteiger partial charge is 0.335 e. The van der Waals surface area contributed by atoms with Gasteiger partial charge in [-0.1, -0.05) is 0 Å². The third-order valence-corrected chi connectivity index (χ3v) is 2.02. The number of carboxylic acids is 1. The van der Waals surface area contributed by atoms with E-state index in [-0.39, 0.29) is 16.8 Å². The van der Waals surface area contributed by atoms with E-state index < -0.39 is 10.9 Å². The van der Waals surface area contributed by atoms with E-state index in [0.29, 0.717) is 0 Å². The zero-order chi connectivity index (χ0) is 13.0. The van der Waals surface area contributed by atoms with E-state index in [4.69, 9.17) is 5.11 Å². The molecule has 6 heteroatoms. The number of aromatic carboxylic acids is 1. The van der Waals surface area contributed by atoms with Gasteiger partial charge in [0.15, 0.2) is 0 Å². The summed E-state index contributed by atoms with van der Waals surface area (Å²) in [5, 5.41) is 19.6. The molecule has 0 fully saturated rings. The molecule has 0 aromatic heterocycles. The fourth-order valence-corrected chi connectivity index (χ4v) is 1.22. The minimum Gasteiger partial charge on any atom is -0.478 e. The number of carbonyl (C=O) groups is 1. The average Bonchev–Trinajstić information content (AvgIpc) is 2.25. The lowest BCUT2D eigenvalue weighted by atomic mass is 10.1. The van der Waals surface area contributed by atoms with E-state index in [9.17, 15) is 14.9 Å². The van der Waals surface area contributed by atoms with Crippen LogP contribution in [0.5, 0.6) is 0 Å². The summed E-state index contributed by atoms with van der Waals surface area (Å²) in [7, 11) is 3.53. The van der Waals surface area contributed by atoms with E-state index in [1.165, 1.54) is 24.3 Å². The van der Waals surface area contributed by atoms with E-state index in [0.717, 1.165) is 0 Å². The number of nitro groups is 1. The van der Waals surface area contributed by atoms with Crippen LogP contribution in [0, 0.1) is 10.1 Å². The molecule has 0 unspecified atom stereocenters. The minimum atomic E-state index is -1.11. The van der Waals surface area contributed by atoms with Crippen molar-refractivity contribution >= 4 is 17.7 Å². The van der Waals surface area contributed by atoms with E-state index in [1.54, 1.807) is 25.2 Å². The maximum Gasteiger partial charge on any atom is 0.335 e. The van der Waals surface area contributed by atoms with Crippen molar-refractivity contribution in [3.8, 4) is 0 Å². The molecule has 0 aliphatic rings. The van der Waals surface area contributed by atoms with E-state index >= 15 is 0 Å². The topological polar surface area (TPSA) is 83.7 Å². The van der Waals surface area contributed by atoms with Crippen LogP contribution < -0.4 is 0 Å². The minimum absolute atomic E-state index is 0.0222. The van der Waals surface area contributed by atoms with Crippen molar-refractivity contribution in [1.29, 1.82) is 0 Å². The molecule has 0 bridgehead atoms. The van der Waals surface area contributed by atoms with Crippen LogP contribution >= 0.6 is 0 Å². The van der Waals surface area contributed by atoms with Crippen LogP contribution in [0.4, 0.5) is 5.69 Å². The summed E-state index contributed by atoms with van der Waals surface area (Å²) in [5.74, 6) is -1.11. The maximum atomic E-state index is 10.8. The number of nitro benzene ring substituents is 1. The fourth-order valence-electron chi connectivity index (χ4n) is 1.22. The lowest BCUT2D eigenvalue weighted by Crippen LogP contribution is -2.02. The van der Waals surface area contributed by atoms with Crippen LogP contribution in [-0.2, 0) is 0 Å². The SMILES string of the molecule is CN(C)C=Cc1cc(C(=O)O)ccc1[N+](=O)[O-]. The molecule has 1 rings (SSSR count). The van der Waals surface area contributed by atoms with Crippen molar-refractivity contribution in [2.24, 2.45) is 0 Å². The first kappa shape index (κ1) is 12.7. The van der Waals surface area contributed by atoms with Crippen molar-refractivity contribution in [2.45, 2.75) is 0 Å². The van der Waals surface area contributed by atoms with Gasteiger partial charge in [0, 0.05) is 20.2 Å². The Hall–Kier alpha value is -2.37. The standard InChI is InChI=1S/C11H12N2O4/c1-12(2)6-5-8-7-9(11(14)15)3-4-10(8)13(16)17/h3-7H,1-2H3,(H,14,15). The molecule has 1 aromatic carbocycles. The van der Waals surface area contributed by atoms with Crippen LogP contribution in [0.15, 0.2) is 24.4 Å². The Morgan fingerprint density at radius 1 is 1.47 bits per heavy atom. The zero-order valence-corrected chi connectivity index (χ0v) is 9.45. The molecule has 0 heterocycles. The maximum absolute atomic E-state index is 10.8. The van der Waals surface area contributed by atoms with Crippen molar-refractivity contribution in [3.63, 3.8) is 0 Å². The summed E-state index contributed by atoms with van der Waals surface area (Å²) < 4.78 is 0. The summed E-state index contributed by atoms with van der Waals surface area (Å²) in [6.45, 7) is 0. The van der Waals surface area contributed by atoms with Crippen molar-refractivity contribution < 1.29 is 14.8 Å². The lowest BCUT2D eigenvalue weighted by molar-refractivity contribution is -0.385. The van der Waals surface area contributed by atoms with Gasteiger partial charge in [0.1, 0.15) is 0 Å². The van der Waals surface area contributed by atoms with E-state index in [1.807, 2.05) is 0 Å². The predicted molar refractivity (Wildman–Crippen MR) is 62.8 cm³/mol. The third-order valence-electron chi connectivity index (χ3n) is 2.02. The monoisotopic (exact) mass is 236 g/mol. The fraction of sp³-hybridized carbons (Fsp3) is 0.182. The number of nitrogens with zero attached hydrogens (tertiary/aromatic N) is 2. The number of carboxylic acid groups (broad SMARTS) is 1. The van der Waals surface area contributed by atoms with Gasteiger partial charge in [0.25, 0.3) is 5.69 Å². The zero-order valence-electron chi connectivity index (χ0n) is 9.45. The van der Waals surface area contributed by atoms with Gasteiger partial charge in [0.2, 0.25) is 0 Å². The second kappa shape index (κ2) is 5.11. The number of hydrogen-bond acceptors (Lipinski definition) is 4. The Morgan fingerprint density at radius 2 is 2.12 bits per heavy atom. The van der Waals surface area contributed by atoms with Gasteiger partial charge in [-0.15, -0.1) is 0 Å². The molecule has 0 saturated heterocycles. The van der Waals surface area contributed by atoms with Crippen LogP contribution in [0.25, 0.3) is 6.08 Å². The molecule has 17 heavy (non-hydrogen) atoms. The Labute approximate surface area is 97.9 Å². The number of rotatable bonds is 4. The van der Waals surface area contributed by atoms with Crippen LogP contribution in [-0.4, -0.2) is 35.0 Å². The highest BCUT2D eigenvalue weighted by Gasteiger charge is 2.14. The number of benzene rings is 1. The molecule has 1 aromatic rings. The average molecular weight is 236 g/mol. The van der Waals surface area contributed by atoms with Gasteiger partial charge < -0.3 is 10.0 Å². The van der Waals surface area contributed by atoms with Gasteiger partial charge in [-0.2, -0.15) is 0 Å². The first-order valence-corrected chi connectivity index (χ1v) is 4.78. The summed E-state index contributed by atoms with van der Waals surface area (Å²) in [4.78, 5) is 22.7. The van der Waals surface area contributed by atoms with E-state index in [2.05, 4.69) is 0 Å². The Bertz CT molecular complexity index is 480. The van der Waals surface area contributed by atoms with Crippen LogP contribution in [0.3, 0.4) is 0 Å². The van der Waals surface area contributed by atoms with Crippen molar-refractivity contribution in [1.82, 2.24) is 4.90 Å². The van der Waals surface area contributed by atoms with Crippen molar-refractivity contribution in [2.75, 3.05) is 14.1 Å². The largest absolute Gasteiger partial charge is 0.478 e. The molecule has 0 saturated carbocycles. The quantitative estimate of drug-likeness (QED) is 0.636. The second-order valence-corrected chi connectivity index (χ2v) is 3.62. The molecule has 6 nitrogen and oxygen atoms in total. The molecule has 0 aliphatic heterocycles. The summed E-state index contributed by atoms with van der Waals surface area (Å²) in [6.07, 6.45) is 3.12. The highest BCUT2D eigenvalue weighted by molar-refractivity contribution is 5.89. The molecular formula is C11H12N2O4. The number of hydrogen-bond donors (Lipinski definition) is 1. The Balaban J connectivity index is 3.25. The van der Waals surface area contributed by atoms with Gasteiger partial charge in [0.05, 0.1) is 16.1 Å².